The molecule has 0 radical (unpaired) electrons. The number of carbonyl (C=O) groups excluding carboxylic acids is 1. The fourth-order valence-corrected chi connectivity index (χ4v) is 1.78. The Balaban J connectivity index is 1.88. The lowest BCUT2D eigenvalue weighted by Crippen LogP contribution is -2.16. The van der Waals surface area contributed by atoms with Crippen LogP contribution in [0.1, 0.15) is 24.5 Å². The predicted molar refractivity (Wildman–Crippen MR) is 68.8 cm³/mol. The number of rotatable bonds is 4. The third-order valence-corrected chi connectivity index (χ3v) is 2.79. The zero-order chi connectivity index (χ0) is 12.8. The maximum Gasteiger partial charge on any atom is 0.339 e. The maximum absolute atomic E-state index is 11.7. The van der Waals surface area contributed by atoms with E-state index >= 15 is 0 Å². The van der Waals surface area contributed by atoms with Gasteiger partial charge in [0.2, 0.25) is 0 Å². The summed E-state index contributed by atoms with van der Waals surface area (Å²) in [6, 6.07) is 8.78. The number of carbonyl (C=O) groups is 1. The Morgan fingerprint density at radius 2 is 2.06 bits per heavy atom. The van der Waals surface area contributed by atoms with Gasteiger partial charge in [-0.2, -0.15) is 0 Å². The van der Waals surface area contributed by atoms with E-state index in [1.807, 2.05) is 18.2 Å². The molecular weight excluding hydrogens is 228 g/mol. The molecule has 0 fully saturated rings. The molecule has 18 heavy (non-hydrogen) atoms. The highest BCUT2D eigenvalue weighted by atomic mass is 16.5. The van der Waals surface area contributed by atoms with Crippen LogP contribution in [-0.2, 0) is 9.53 Å². The Morgan fingerprint density at radius 3 is 2.72 bits per heavy atom. The molecule has 1 atom stereocenters. The molecule has 1 aliphatic carbocycles. The minimum absolute atomic E-state index is 0.221. The monoisotopic (exact) mass is 244 g/mol. The molecule has 0 amide bonds. The molecule has 0 bridgehead atoms. The quantitative estimate of drug-likeness (QED) is 0.828. The van der Waals surface area contributed by atoms with Crippen LogP contribution >= 0.6 is 0 Å². The van der Waals surface area contributed by atoms with E-state index in [1.54, 1.807) is 24.3 Å². The summed E-state index contributed by atoms with van der Waals surface area (Å²) in [5.41, 5.74) is 1.53. The standard InChI is InChI=1S/C15H16O3/c16-14(13-9-5-2-6-10-13)15(17)18-11-12-7-3-1-4-8-12/h2-3,5-10,14,16H,1,4,11H2. The molecule has 3 nitrogen and oxygen atoms in total. The van der Waals surface area contributed by atoms with E-state index < -0.39 is 12.1 Å². The van der Waals surface area contributed by atoms with Gasteiger partial charge in [0.25, 0.3) is 0 Å². The first-order valence-corrected chi connectivity index (χ1v) is 6.02. The molecule has 0 aromatic heterocycles. The van der Waals surface area contributed by atoms with Crippen LogP contribution in [0.3, 0.4) is 0 Å². The van der Waals surface area contributed by atoms with Crippen LogP contribution in [0.25, 0.3) is 0 Å². The molecule has 0 aliphatic heterocycles. The van der Waals surface area contributed by atoms with Crippen LogP contribution in [0.2, 0.25) is 0 Å². The Morgan fingerprint density at radius 1 is 1.28 bits per heavy atom. The fourth-order valence-electron chi connectivity index (χ4n) is 1.78. The van der Waals surface area contributed by atoms with Crippen LogP contribution < -0.4 is 0 Å². The van der Waals surface area contributed by atoms with E-state index in [4.69, 9.17) is 4.74 Å². The number of hydrogen-bond acceptors (Lipinski definition) is 3. The highest BCUT2D eigenvalue weighted by molar-refractivity contribution is 5.76. The van der Waals surface area contributed by atoms with E-state index in [1.165, 1.54) is 0 Å². The summed E-state index contributed by atoms with van der Waals surface area (Å²) >= 11 is 0. The van der Waals surface area contributed by atoms with Gasteiger partial charge in [0.05, 0.1) is 0 Å². The molecule has 0 saturated heterocycles. The molecule has 94 valence electrons. The van der Waals surface area contributed by atoms with Crippen LogP contribution in [-0.4, -0.2) is 17.7 Å². The van der Waals surface area contributed by atoms with Crippen molar-refractivity contribution in [2.75, 3.05) is 6.61 Å². The molecule has 2 rings (SSSR count). The molecule has 1 unspecified atom stereocenters. The number of esters is 1. The largest absolute Gasteiger partial charge is 0.459 e. The Labute approximate surface area is 106 Å². The summed E-state index contributed by atoms with van der Waals surface area (Å²) in [6.45, 7) is 0.221. The number of allylic oxidation sites excluding steroid dienone is 2. The first kappa shape index (κ1) is 12.6. The summed E-state index contributed by atoms with van der Waals surface area (Å²) in [4.78, 5) is 11.7. The van der Waals surface area contributed by atoms with Crippen molar-refractivity contribution in [2.24, 2.45) is 0 Å². The van der Waals surface area contributed by atoms with Gasteiger partial charge in [-0.1, -0.05) is 48.6 Å². The summed E-state index contributed by atoms with van der Waals surface area (Å²) in [7, 11) is 0. The van der Waals surface area contributed by atoms with Crippen LogP contribution in [0.5, 0.6) is 0 Å². The van der Waals surface area contributed by atoms with E-state index in [9.17, 15) is 9.90 Å². The average Bonchev–Trinajstić information content (AvgIpc) is 2.46. The Kier molecular flexibility index (Phi) is 4.31. The van der Waals surface area contributed by atoms with Crippen molar-refractivity contribution in [3.05, 3.63) is 59.7 Å². The zero-order valence-corrected chi connectivity index (χ0v) is 10.1. The summed E-state index contributed by atoms with van der Waals surface area (Å²) in [5, 5.41) is 9.81. The van der Waals surface area contributed by atoms with Crippen LogP contribution in [0.4, 0.5) is 0 Å². The molecule has 3 heteroatoms. The van der Waals surface area contributed by atoms with Crippen molar-refractivity contribution < 1.29 is 14.6 Å². The molecule has 1 aromatic carbocycles. The van der Waals surface area contributed by atoms with Crippen LogP contribution in [0, 0.1) is 0 Å². The zero-order valence-electron chi connectivity index (χ0n) is 10.1. The summed E-state index contributed by atoms with van der Waals surface area (Å²) < 4.78 is 5.09. The minimum Gasteiger partial charge on any atom is -0.459 e. The topological polar surface area (TPSA) is 46.5 Å². The van der Waals surface area contributed by atoms with Gasteiger partial charge in [-0.3, -0.25) is 0 Å². The normalized spacial score (nSPS) is 15.9. The number of aliphatic hydroxyl groups excluding tert-OH is 1. The van der Waals surface area contributed by atoms with Gasteiger partial charge in [-0.15, -0.1) is 0 Å². The number of ether oxygens (including phenoxy) is 1. The van der Waals surface area contributed by atoms with Crippen molar-refractivity contribution in [2.45, 2.75) is 18.9 Å². The van der Waals surface area contributed by atoms with Gasteiger partial charge in [0, 0.05) is 0 Å². The third kappa shape index (κ3) is 3.31. The van der Waals surface area contributed by atoms with E-state index in [0.29, 0.717) is 5.56 Å². The first-order chi connectivity index (χ1) is 8.77. The maximum atomic E-state index is 11.7. The lowest BCUT2D eigenvalue weighted by molar-refractivity contribution is -0.152. The smallest absolute Gasteiger partial charge is 0.339 e. The van der Waals surface area contributed by atoms with Crippen molar-refractivity contribution in [1.82, 2.24) is 0 Å². The van der Waals surface area contributed by atoms with Gasteiger partial charge in [-0.05, 0) is 24.0 Å². The highest BCUT2D eigenvalue weighted by Crippen LogP contribution is 2.15. The van der Waals surface area contributed by atoms with Gasteiger partial charge >= 0.3 is 5.97 Å². The summed E-state index contributed by atoms with van der Waals surface area (Å²) in [6.07, 6.45) is 6.85. The van der Waals surface area contributed by atoms with Crippen molar-refractivity contribution in [3.63, 3.8) is 0 Å². The molecule has 1 N–H and O–H groups in total. The van der Waals surface area contributed by atoms with Gasteiger partial charge < -0.3 is 9.84 Å². The van der Waals surface area contributed by atoms with E-state index in [-0.39, 0.29) is 6.61 Å². The SMILES string of the molecule is O=C(OCC1=CCCC=C1)C(O)c1ccccc1. The fraction of sp³-hybridized carbons (Fsp3) is 0.267. The lowest BCUT2D eigenvalue weighted by atomic mass is 10.1. The third-order valence-electron chi connectivity index (χ3n) is 2.79. The predicted octanol–water partition coefficient (Wildman–Crippen LogP) is 2.54. The molecule has 1 aliphatic rings. The van der Waals surface area contributed by atoms with Crippen molar-refractivity contribution in [3.8, 4) is 0 Å². The van der Waals surface area contributed by atoms with Crippen molar-refractivity contribution in [1.29, 1.82) is 0 Å². The molecule has 1 aromatic rings. The second-order valence-corrected chi connectivity index (χ2v) is 4.18. The second kappa shape index (κ2) is 6.17. The van der Waals surface area contributed by atoms with Gasteiger partial charge in [0.15, 0.2) is 6.10 Å². The second-order valence-electron chi connectivity index (χ2n) is 4.18. The molecular formula is C15H16O3. The minimum atomic E-state index is -1.21. The van der Waals surface area contributed by atoms with Gasteiger partial charge in [-0.25, -0.2) is 4.79 Å². The van der Waals surface area contributed by atoms with E-state index in [0.717, 1.165) is 18.4 Å². The van der Waals surface area contributed by atoms with E-state index in [2.05, 4.69) is 6.08 Å². The molecule has 0 spiro atoms. The van der Waals surface area contributed by atoms with Crippen LogP contribution in [0.15, 0.2) is 54.1 Å². The number of benzene rings is 1. The molecule has 0 saturated carbocycles. The lowest BCUT2D eigenvalue weighted by Gasteiger charge is -2.12. The summed E-state index contributed by atoms with van der Waals surface area (Å²) in [5.74, 6) is -0.610. The number of hydrogen-bond donors (Lipinski definition) is 1. The Bertz CT molecular complexity index is 460. The average molecular weight is 244 g/mol. The highest BCUT2D eigenvalue weighted by Gasteiger charge is 2.18. The molecule has 0 heterocycles. The van der Waals surface area contributed by atoms with Gasteiger partial charge in [0.1, 0.15) is 6.61 Å². The van der Waals surface area contributed by atoms with Crippen molar-refractivity contribution >= 4 is 5.97 Å². The first-order valence-electron chi connectivity index (χ1n) is 6.02. The number of aliphatic hydroxyl groups is 1. The Hall–Kier alpha value is -1.87.